The molecule has 0 spiro atoms. The highest BCUT2D eigenvalue weighted by Gasteiger charge is 2.40. The molecule has 2 heterocycles. The summed E-state index contributed by atoms with van der Waals surface area (Å²) in [6.07, 6.45) is 3.77. The molecular weight excluding hydrogens is 316 g/mol. The van der Waals surface area contributed by atoms with E-state index in [9.17, 15) is 13.2 Å². The molecule has 1 N–H and O–H groups in total. The van der Waals surface area contributed by atoms with Crippen molar-refractivity contribution < 1.29 is 17.9 Å². The summed E-state index contributed by atoms with van der Waals surface area (Å²) in [7, 11) is -3.55. The molecule has 1 saturated heterocycles. The van der Waals surface area contributed by atoms with Crippen LogP contribution in [0.1, 0.15) is 24.8 Å². The van der Waals surface area contributed by atoms with Crippen molar-refractivity contribution in [2.24, 2.45) is 5.92 Å². The largest absolute Gasteiger partial charge is 0.492 e. The van der Waals surface area contributed by atoms with Crippen LogP contribution in [0.5, 0.6) is 5.75 Å². The number of para-hydroxylation sites is 1. The normalized spacial score (nSPS) is 21.9. The third-order valence-corrected chi connectivity index (χ3v) is 6.82. The van der Waals surface area contributed by atoms with Crippen LogP contribution in [0.15, 0.2) is 23.1 Å². The van der Waals surface area contributed by atoms with Gasteiger partial charge in [0.25, 0.3) is 0 Å². The third kappa shape index (κ3) is 2.52. The number of fused-ring (bicyclic) bond motifs is 1. The number of nitrogens with one attached hydrogen (secondary N) is 1. The van der Waals surface area contributed by atoms with Gasteiger partial charge in [0.15, 0.2) is 0 Å². The van der Waals surface area contributed by atoms with E-state index >= 15 is 0 Å². The van der Waals surface area contributed by atoms with Gasteiger partial charge in [-0.05, 0) is 24.5 Å². The molecule has 3 aliphatic rings. The van der Waals surface area contributed by atoms with Gasteiger partial charge in [0.05, 0.1) is 12.6 Å². The highest BCUT2D eigenvalue weighted by Crippen LogP contribution is 2.35. The van der Waals surface area contributed by atoms with Crippen LogP contribution in [0.4, 0.5) is 0 Å². The van der Waals surface area contributed by atoms with E-state index < -0.39 is 10.0 Å². The monoisotopic (exact) mass is 336 g/mol. The number of sulfonamides is 1. The number of carbonyl (C=O) groups is 1. The lowest BCUT2D eigenvalue weighted by Crippen LogP contribution is -2.61. The Morgan fingerprint density at radius 2 is 2.04 bits per heavy atom. The molecule has 1 aromatic carbocycles. The first kappa shape index (κ1) is 15.0. The number of rotatable bonds is 4. The highest BCUT2D eigenvalue weighted by atomic mass is 32.2. The summed E-state index contributed by atoms with van der Waals surface area (Å²) < 4.78 is 32.4. The molecule has 0 radical (unpaired) electrons. The van der Waals surface area contributed by atoms with Gasteiger partial charge in [-0.15, -0.1) is 0 Å². The van der Waals surface area contributed by atoms with Crippen LogP contribution in [0.25, 0.3) is 0 Å². The Hall–Kier alpha value is -1.60. The summed E-state index contributed by atoms with van der Waals surface area (Å²) in [6.45, 7) is 1.21. The van der Waals surface area contributed by atoms with Crippen LogP contribution in [0.2, 0.25) is 0 Å². The maximum absolute atomic E-state index is 12.7. The van der Waals surface area contributed by atoms with Crippen molar-refractivity contribution in [3.8, 4) is 5.75 Å². The molecule has 2 fully saturated rings. The van der Waals surface area contributed by atoms with E-state index in [1.54, 1.807) is 12.1 Å². The lowest BCUT2D eigenvalue weighted by molar-refractivity contribution is -0.128. The van der Waals surface area contributed by atoms with E-state index in [0.717, 1.165) is 31.2 Å². The standard InChI is InChI=1S/C16H20N2O4S/c19-16(12-4-1-5-12)17-13-9-18(10-13)23(20,21)14-6-2-3-11-7-8-22-15(11)14/h2-3,6,12-13H,1,4-5,7-10H2,(H,17,19). The van der Waals surface area contributed by atoms with Crippen LogP contribution in [-0.2, 0) is 21.2 Å². The first-order chi connectivity index (χ1) is 11.1. The maximum atomic E-state index is 12.7. The Morgan fingerprint density at radius 1 is 1.26 bits per heavy atom. The predicted octanol–water partition coefficient (Wildman–Crippen LogP) is 0.911. The average Bonchev–Trinajstić information content (AvgIpc) is 2.88. The number of benzene rings is 1. The Labute approximate surface area is 135 Å². The topological polar surface area (TPSA) is 75.7 Å². The first-order valence-electron chi connectivity index (χ1n) is 8.11. The molecule has 1 amide bonds. The van der Waals surface area contributed by atoms with E-state index in [4.69, 9.17) is 4.74 Å². The molecule has 7 heteroatoms. The number of nitrogens with zero attached hydrogens (tertiary/aromatic N) is 1. The molecule has 2 aliphatic heterocycles. The van der Waals surface area contributed by atoms with Crippen molar-refractivity contribution in [2.75, 3.05) is 19.7 Å². The zero-order valence-electron chi connectivity index (χ0n) is 12.8. The maximum Gasteiger partial charge on any atom is 0.246 e. The number of carbonyl (C=O) groups excluding carboxylic acids is 1. The molecule has 0 aromatic heterocycles. The van der Waals surface area contributed by atoms with Gasteiger partial charge in [0, 0.05) is 25.4 Å². The molecule has 124 valence electrons. The van der Waals surface area contributed by atoms with Crippen molar-refractivity contribution in [3.63, 3.8) is 0 Å². The molecule has 4 rings (SSSR count). The summed E-state index contributed by atoms with van der Waals surface area (Å²) in [5.74, 6) is 0.697. The zero-order valence-corrected chi connectivity index (χ0v) is 13.6. The van der Waals surface area contributed by atoms with Crippen LogP contribution < -0.4 is 10.1 Å². The quantitative estimate of drug-likeness (QED) is 0.887. The third-order valence-electron chi connectivity index (χ3n) is 4.97. The summed E-state index contributed by atoms with van der Waals surface area (Å²) in [5.41, 5.74) is 0.946. The molecule has 1 saturated carbocycles. The molecule has 1 aromatic rings. The lowest BCUT2D eigenvalue weighted by atomic mass is 9.84. The second-order valence-electron chi connectivity index (χ2n) is 6.50. The number of hydrogen-bond donors (Lipinski definition) is 1. The molecule has 0 atom stereocenters. The number of hydrogen-bond acceptors (Lipinski definition) is 4. The SMILES string of the molecule is O=C(NC1CN(S(=O)(=O)c2cccc3c2OCC3)C1)C1CCC1. The minimum absolute atomic E-state index is 0.0715. The van der Waals surface area contributed by atoms with Crippen LogP contribution in [0, 0.1) is 5.92 Å². The Morgan fingerprint density at radius 3 is 2.74 bits per heavy atom. The molecule has 6 nitrogen and oxygen atoms in total. The van der Waals surface area contributed by atoms with Gasteiger partial charge < -0.3 is 10.1 Å². The van der Waals surface area contributed by atoms with Gasteiger partial charge >= 0.3 is 0 Å². The minimum Gasteiger partial charge on any atom is -0.492 e. The molecule has 1 aliphatic carbocycles. The van der Waals surface area contributed by atoms with E-state index in [1.165, 1.54) is 4.31 Å². The van der Waals surface area contributed by atoms with E-state index in [-0.39, 0.29) is 22.8 Å². The zero-order chi connectivity index (χ0) is 16.0. The van der Waals surface area contributed by atoms with Crippen molar-refractivity contribution in [1.29, 1.82) is 0 Å². The van der Waals surface area contributed by atoms with Gasteiger partial charge in [-0.25, -0.2) is 8.42 Å². The van der Waals surface area contributed by atoms with Gasteiger partial charge in [0.1, 0.15) is 10.6 Å². The fourth-order valence-corrected chi connectivity index (χ4v) is 4.95. The van der Waals surface area contributed by atoms with E-state index in [2.05, 4.69) is 5.32 Å². The first-order valence-corrected chi connectivity index (χ1v) is 9.55. The van der Waals surface area contributed by atoms with Crippen molar-refractivity contribution >= 4 is 15.9 Å². The van der Waals surface area contributed by atoms with Crippen LogP contribution in [-0.4, -0.2) is 44.4 Å². The molecule has 0 bridgehead atoms. The van der Waals surface area contributed by atoms with Gasteiger partial charge in [-0.1, -0.05) is 18.6 Å². The average molecular weight is 336 g/mol. The molecule has 23 heavy (non-hydrogen) atoms. The minimum atomic E-state index is -3.55. The van der Waals surface area contributed by atoms with E-state index in [0.29, 0.717) is 25.4 Å². The van der Waals surface area contributed by atoms with Gasteiger partial charge in [-0.3, -0.25) is 4.79 Å². The van der Waals surface area contributed by atoms with Crippen LogP contribution in [0.3, 0.4) is 0 Å². The summed E-state index contributed by atoms with van der Waals surface area (Å²) >= 11 is 0. The fraction of sp³-hybridized carbons (Fsp3) is 0.562. The molecular formula is C16H20N2O4S. The van der Waals surface area contributed by atoms with Crippen molar-refractivity contribution in [1.82, 2.24) is 9.62 Å². The Kier molecular flexibility index (Phi) is 3.57. The lowest BCUT2D eigenvalue weighted by Gasteiger charge is -2.39. The Balaban J connectivity index is 1.43. The number of amides is 1. The second-order valence-corrected chi connectivity index (χ2v) is 8.40. The molecule has 0 unspecified atom stereocenters. The van der Waals surface area contributed by atoms with Crippen molar-refractivity contribution in [3.05, 3.63) is 23.8 Å². The number of ether oxygens (including phenoxy) is 1. The van der Waals surface area contributed by atoms with E-state index in [1.807, 2.05) is 6.07 Å². The van der Waals surface area contributed by atoms with Gasteiger partial charge in [-0.2, -0.15) is 4.31 Å². The van der Waals surface area contributed by atoms with Crippen molar-refractivity contribution in [2.45, 2.75) is 36.6 Å². The predicted molar refractivity (Wildman–Crippen MR) is 83.7 cm³/mol. The van der Waals surface area contributed by atoms with Crippen LogP contribution >= 0.6 is 0 Å². The highest BCUT2D eigenvalue weighted by molar-refractivity contribution is 7.89. The van der Waals surface area contributed by atoms with Gasteiger partial charge in [0.2, 0.25) is 15.9 Å². The summed E-state index contributed by atoms with van der Waals surface area (Å²) in [5, 5.41) is 2.95. The smallest absolute Gasteiger partial charge is 0.246 e. The second kappa shape index (κ2) is 5.49. The summed E-state index contributed by atoms with van der Waals surface area (Å²) in [6, 6.07) is 5.19. The summed E-state index contributed by atoms with van der Waals surface area (Å²) in [4.78, 5) is 12.2. The fourth-order valence-electron chi connectivity index (χ4n) is 3.24. The Bertz CT molecular complexity index is 736.